The molecule has 1 aliphatic rings. The summed E-state index contributed by atoms with van der Waals surface area (Å²) in [6, 6.07) is 0.256. The van der Waals surface area contributed by atoms with E-state index < -0.39 is 5.60 Å². The van der Waals surface area contributed by atoms with Gasteiger partial charge < -0.3 is 5.11 Å². The first-order valence-electron chi connectivity index (χ1n) is 6.63. The normalized spacial score (nSPS) is 31.2. The van der Waals surface area contributed by atoms with Crippen molar-refractivity contribution in [2.45, 2.75) is 59.1 Å². The van der Waals surface area contributed by atoms with Crippen LogP contribution in [0.5, 0.6) is 0 Å². The summed E-state index contributed by atoms with van der Waals surface area (Å²) in [6.07, 6.45) is 3.63. The van der Waals surface area contributed by atoms with Crippen molar-refractivity contribution in [2.24, 2.45) is 11.3 Å². The number of aliphatic hydroxyl groups is 1. The average Bonchev–Trinajstić information content (AvgIpc) is 2.66. The topological polar surface area (TPSA) is 38.0 Å². The molecule has 2 rings (SSSR count). The maximum Gasteiger partial charge on any atom is 0.110 e. The molecule has 1 heterocycles. The van der Waals surface area contributed by atoms with Gasteiger partial charge in [0.15, 0.2) is 0 Å². The summed E-state index contributed by atoms with van der Waals surface area (Å²) in [5.74, 6) is 0.248. The van der Waals surface area contributed by atoms with Gasteiger partial charge in [-0.3, -0.25) is 4.68 Å². The Bertz CT molecular complexity index is 453. The lowest BCUT2D eigenvalue weighted by Crippen LogP contribution is -2.33. The van der Waals surface area contributed by atoms with E-state index in [0.29, 0.717) is 0 Å². The van der Waals surface area contributed by atoms with Gasteiger partial charge in [-0.2, -0.15) is 5.10 Å². The summed E-state index contributed by atoms with van der Waals surface area (Å²) in [7, 11) is 0. The number of nitrogens with zero attached hydrogens (tertiary/aromatic N) is 2. The first kappa shape index (κ1) is 14.1. The summed E-state index contributed by atoms with van der Waals surface area (Å²) in [5, 5.41) is 15.6. The second-order valence-corrected chi connectivity index (χ2v) is 7.60. The fraction of sp³-hybridized carbons (Fsp3) is 0.786. The Labute approximate surface area is 118 Å². The van der Waals surface area contributed by atoms with E-state index in [4.69, 9.17) is 0 Å². The van der Waals surface area contributed by atoms with Gasteiger partial charge in [-0.05, 0) is 54.0 Å². The van der Waals surface area contributed by atoms with E-state index >= 15 is 0 Å². The fourth-order valence-electron chi connectivity index (χ4n) is 3.43. The van der Waals surface area contributed by atoms with Crippen LogP contribution in [0.15, 0.2) is 10.7 Å². The van der Waals surface area contributed by atoms with E-state index in [1.807, 2.05) is 4.68 Å². The van der Waals surface area contributed by atoms with Crippen molar-refractivity contribution in [1.29, 1.82) is 0 Å². The van der Waals surface area contributed by atoms with Crippen molar-refractivity contribution in [3.05, 3.63) is 16.4 Å². The van der Waals surface area contributed by atoms with Gasteiger partial charge in [-0.15, -0.1) is 0 Å². The van der Waals surface area contributed by atoms with Crippen LogP contribution in [0, 0.1) is 11.3 Å². The first-order valence-corrected chi connectivity index (χ1v) is 7.42. The highest BCUT2D eigenvalue weighted by Crippen LogP contribution is 2.54. The Morgan fingerprint density at radius 2 is 2.11 bits per heavy atom. The molecule has 0 aromatic carbocycles. The zero-order valence-corrected chi connectivity index (χ0v) is 13.5. The van der Waals surface area contributed by atoms with Crippen LogP contribution in [0.4, 0.5) is 0 Å². The molecule has 1 aromatic heterocycles. The molecule has 3 nitrogen and oxygen atoms in total. The van der Waals surface area contributed by atoms with Crippen LogP contribution in [-0.4, -0.2) is 14.9 Å². The second-order valence-electron chi connectivity index (χ2n) is 6.75. The highest BCUT2D eigenvalue weighted by atomic mass is 79.9. The van der Waals surface area contributed by atoms with Crippen LogP contribution in [0.2, 0.25) is 0 Å². The molecule has 1 N–H and O–H groups in total. The van der Waals surface area contributed by atoms with Crippen molar-refractivity contribution >= 4 is 15.9 Å². The van der Waals surface area contributed by atoms with E-state index in [-0.39, 0.29) is 17.4 Å². The largest absolute Gasteiger partial charge is 0.383 e. The zero-order valence-electron chi connectivity index (χ0n) is 11.9. The van der Waals surface area contributed by atoms with Gasteiger partial charge >= 0.3 is 0 Å². The molecule has 2 atom stereocenters. The minimum atomic E-state index is -0.775. The van der Waals surface area contributed by atoms with Gasteiger partial charge in [0.25, 0.3) is 0 Å². The SMILES string of the molecule is CC(C)n1ncc(Br)c1C1(O)CC(C)(C)CC1C. The third-order valence-electron chi connectivity index (χ3n) is 4.07. The van der Waals surface area contributed by atoms with Crippen molar-refractivity contribution in [1.82, 2.24) is 9.78 Å². The Morgan fingerprint density at radius 3 is 2.56 bits per heavy atom. The van der Waals surface area contributed by atoms with Gasteiger partial charge in [0.1, 0.15) is 5.60 Å². The van der Waals surface area contributed by atoms with Gasteiger partial charge in [0.2, 0.25) is 0 Å². The summed E-state index contributed by atoms with van der Waals surface area (Å²) >= 11 is 3.55. The third-order valence-corrected chi connectivity index (χ3v) is 4.65. The highest BCUT2D eigenvalue weighted by Gasteiger charge is 2.51. The standard InChI is InChI=1S/C14H23BrN2O/c1-9(2)17-12(11(15)7-16-17)14(18)8-13(4,5)6-10(14)3/h7,9-10,18H,6,8H2,1-5H3. The Balaban J connectivity index is 2.51. The minimum absolute atomic E-state index is 0.180. The van der Waals surface area contributed by atoms with Crippen molar-refractivity contribution in [3.63, 3.8) is 0 Å². The van der Waals surface area contributed by atoms with Crippen molar-refractivity contribution in [2.75, 3.05) is 0 Å². The molecule has 1 saturated carbocycles. The summed E-state index contributed by atoms with van der Waals surface area (Å²) < 4.78 is 2.87. The molecule has 0 spiro atoms. The second kappa shape index (κ2) is 4.34. The molecule has 0 saturated heterocycles. The number of hydrogen-bond donors (Lipinski definition) is 1. The van der Waals surface area contributed by atoms with Gasteiger partial charge in [0, 0.05) is 6.04 Å². The number of aromatic nitrogens is 2. The van der Waals surface area contributed by atoms with Crippen LogP contribution in [0.1, 0.15) is 59.2 Å². The third kappa shape index (κ3) is 2.14. The maximum absolute atomic E-state index is 11.2. The molecule has 0 bridgehead atoms. The molecule has 1 aromatic rings. The molecule has 18 heavy (non-hydrogen) atoms. The molecule has 1 fully saturated rings. The van der Waals surface area contributed by atoms with E-state index in [2.05, 4.69) is 55.6 Å². The molecular formula is C14H23BrN2O. The average molecular weight is 315 g/mol. The quantitative estimate of drug-likeness (QED) is 0.899. The number of rotatable bonds is 2. The molecule has 0 radical (unpaired) electrons. The Kier molecular flexibility index (Phi) is 3.39. The molecule has 0 amide bonds. The monoisotopic (exact) mass is 314 g/mol. The molecule has 4 heteroatoms. The predicted octanol–water partition coefficient (Wildman–Crippen LogP) is 3.87. The fourth-order valence-corrected chi connectivity index (χ4v) is 4.05. The molecule has 102 valence electrons. The minimum Gasteiger partial charge on any atom is -0.383 e. The lowest BCUT2D eigenvalue weighted by molar-refractivity contribution is -0.0109. The Morgan fingerprint density at radius 1 is 1.50 bits per heavy atom. The lowest BCUT2D eigenvalue weighted by Gasteiger charge is -2.31. The van der Waals surface area contributed by atoms with Gasteiger partial charge in [-0.1, -0.05) is 20.8 Å². The van der Waals surface area contributed by atoms with Crippen molar-refractivity contribution in [3.8, 4) is 0 Å². The summed E-state index contributed by atoms with van der Waals surface area (Å²) in [4.78, 5) is 0. The molecule has 0 aliphatic heterocycles. The van der Waals surface area contributed by atoms with E-state index in [9.17, 15) is 5.11 Å². The van der Waals surface area contributed by atoms with Crippen LogP contribution in [-0.2, 0) is 5.60 Å². The maximum atomic E-state index is 11.2. The lowest BCUT2D eigenvalue weighted by atomic mass is 9.86. The zero-order chi connectivity index (χ0) is 13.7. The van der Waals surface area contributed by atoms with Gasteiger partial charge in [-0.25, -0.2) is 0 Å². The van der Waals surface area contributed by atoms with Crippen LogP contribution in [0.25, 0.3) is 0 Å². The van der Waals surface area contributed by atoms with E-state index in [1.165, 1.54) is 0 Å². The highest BCUT2D eigenvalue weighted by molar-refractivity contribution is 9.10. The van der Waals surface area contributed by atoms with Crippen LogP contribution in [0.3, 0.4) is 0 Å². The van der Waals surface area contributed by atoms with Crippen LogP contribution < -0.4 is 0 Å². The van der Waals surface area contributed by atoms with Crippen LogP contribution >= 0.6 is 15.9 Å². The molecular weight excluding hydrogens is 292 g/mol. The molecule has 1 aliphatic carbocycles. The van der Waals surface area contributed by atoms with Crippen molar-refractivity contribution < 1.29 is 5.11 Å². The smallest absolute Gasteiger partial charge is 0.110 e. The number of halogens is 1. The Hall–Kier alpha value is -0.350. The number of hydrogen-bond acceptors (Lipinski definition) is 2. The first-order chi connectivity index (χ1) is 8.17. The molecule has 2 unspecified atom stereocenters. The van der Waals surface area contributed by atoms with E-state index in [1.54, 1.807) is 6.20 Å². The summed E-state index contributed by atoms with van der Waals surface area (Å²) in [5.41, 5.74) is 0.346. The predicted molar refractivity (Wildman–Crippen MR) is 76.4 cm³/mol. The summed E-state index contributed by atoms with van der Waals surface area (Å²) in [6.45, 7) is 10.8. The van der Waals surface area contributed by atoms with Gasteiger partial charge in [0.05, 0.1) is 16.4 Å². The van der Waals surface area contributed by atoms with E-state index in [0.717, 1.165) is 23.0 Å².